The number of amides is 3. The standard InChI is InChI=1S/C21H25N3O3/c1-15-12-18-9-8-16(14-23-21(26)22-10-11-27-2)13-19(18)24(15)20(25)17-6-4-3-5-7-17/h3-9,13,15H,10-12,14H2,1-2H3,(H2,22,23,26). The lowest BCUT2D eigenvalue weighted by atomic mass is 10.1. The number of methoxy groups -OCH3 is 1. The zero-order valence-electron chi connectivity index (χ0n) is 15.7. The molecule has 2 aromatic carbocycles. The van der Waals surface area contributed by atoms with E-state index in [0.29, 0.717) is 25.3 Å². The van der Waals surface area contributed by atoms with Gasteiger partial charge in [-0.1, -0.05) is 30.3 Å². The van der Waals surface area contributed by atoms with E-state index >= 15 is 0 Å². The summed E-state index contributed by atoms with van der Waals surface area (Å²) in [6, 6.07) is 15.2. The number of fused-ring (bicyclic) bond motifs is 1. The number of ether oxygens (including phenoxy) is 1. The van der Waals surface area contributed by atoms with Gasteiger partial charge in [0, 0.05) is 37.5 Å². The Bertz CT molecular complexity index is 808. The predicted octanol–water partition coefficient (Wildman–Crippen LogP) is 2.72. The molecule has 142 valence electrons. The van der Waals surface area contributed by atoms with Crippen molar-refractivity contribution in [2.45, 2.75) is 25.9 Å². The maximum Gasteiger partial charge on any atom is 0.315 e. The molecule has 6 heteroatoms. The smallest absolute Gasteiger partial charge is 0.315 e. The Hall–Kier alpha value is -2.86. The number of hydrogen-bond donors (Lipinski definition) is 2. The van der Waals surface area contributed by atoms with Crippen LogP contribution in [0.2, 0.25) is 0 Å². The van der Waals surface area contributed by atoms with Crippen molar-refractivity contribution in [1.82, 2.24) is 10.6 Å². The number of hydrogen-bond acceptors (Lipinski definition) is 3. The van der Waals surface area contributed by atoms with Gasteiger partial charge in [-0.2, -0.15) is 0 Å². The fourth-order valence-corrected chi connectivity index (χ4v) is 3.30. The van der Waals surface area contributed by atoms with Crippen molar-refractivity contribution in [3.8, 4) is 0 Å². The Morgan fingerprint density at radius 2 is 1.93 bits per heavy atom. The number of carbonyl (C=O) groups excluding carboxylic acids is 2. The summed E-state index contributed by atoms with van der Waals surface area (Å²) in [6.45, 7) is 3.39. The summed E-state index contributed by atoms with van der Waals surface area (Å²) in [4.78, 5) is 26.6. The summed E-state index contributed by atoms with van der Waals surface area (Å²) >= 11 is 0. The minimum absolute atomic E-state index is 0.00395. The average molecular weight is 367 g/mol. The fourth-order valence-electron chi connectivity index (χ4n) is 3.30. The van der Waals surface area contributed by atoms with Crippen LogP contribution in [-0.2, 0) is 17.7 Å². The maximum absolute atomic E-state index is 13.0. The van der Waals surface area contributed by atoms with Crippen molar-refractivity contribution in [2.75, 3.05) is 25.2 Å². The molecule has 0 saturated carbocycles. The lowest BCUT2D eigenvalue weighted by Gasteiger charge is -2.23. The Labute approximate surface area is 159 Å². The number of benzene rings is 2. The molecule has 0 aliphatic carbocycles. The van der Waals surface area contributed by atoms with Crippen LogP contribution < -0.4 is 15.5 Å². The summed E-state index contributed by atoms with van der Waals surface area (Å²) < 4.78 is 4.91. The van der Waals surface area contributed by atoms with Gasteiger partial charge in [0.2, 0.25) is 0 Å². The molecule has 0 fully saturated rings. The zero-order chi connectivity index (χ0) is 19.2. The molecule has 27 heavy (non-hydrogen) atoms. The minimum Gasteiger partial charge on any atom is -0.383 e. The molecule has 1 aliphatic heterocycles. The van der Waals surface area contributed by atoms with Gasteiger partial charge in [-0.15, -0.1) is 0 Å². The lowest BCUT2D eigenvalue weighted by Crippen LogP contribution is -2.37. The lowest BCUT2D eigenvalue weighted by molar-refractivity contribution is 0.0981. The normalized spacial score (nSPS) is 15.3. The maximum atomic E-state index is 13.0. The SMILES string of the molecule is COCCNC(=O)NCc1ccc2c(c1)N(C(=O)c1ccccc1)C(C)C2. The molecule has 2 aromatic rings. The molecule has 6 nitrogen and oxygen atoms in total. The van der Waals surface area contributed by atoms with Crippen molar-refractivity contribution in [2.24, 2.45) is 0 Å². The molecular weight excluding hydrogens is 342 g/mol. The van der Waals surface area contributed by atoms with E-state index in [9.17, 15) is 9.59 Å². The Morgan fingerprint density at radius 1 is 1.15 bits per heavy atom. The van der Waals surface area contributed by atoms with E-state index in [0.717, 1.165) is 23.2 Å². The van der Waals surface area contributed by atoms with E-state index in [4.69, 9.17) is 4.74 Å². The molecule has 3 rings (SSSR count). The van der Waals surface area contributed by atoms with Crippen LogP contribution in [0.1, 0.15) is 28.4 Å². The largest absolute Gasteiger partial charge is 0.383 e. The van der Waals surface area contributed by atoms with Gasteiger partial charge in [-0.25, -0.2) is 4.79 Å². The van der Waals surface area contributed by atoms with E-state index in [1.54, 1.807) is 7.11 Å². The van der Waals surface area contributed by atoms with Crippen LogP contribution in [0, 0.1) is 0 Å². The van der Waals surface area contributed by atoms with Crippen molar-refractivity contribution < 1.29 is 14.3 Å². The third-order valence-electron chi connectivity index (χ3n) is 4.65. The number of nitrogens with zero attached hydrogens (tertiary/aromatic N) is 1. The van der Waals surface area contributed by atoms with Crippen molar-refractivity contribution in [1.29, 1.82) is 0 Å². The number of nitrogens with one attached hydrogen (secondary N) is 2. The third-order valence-corrected chi connectivity index (χ3v) is 4.65. The van der Waals surface area contributed by atoms with Gasteiger partial charge in [0.1, 0.15) is 0 Å². The Kier molecular flexibility index (Phi) is 6.08. The second-order valence-corrected chi connectivity index (χ2v) is 6.66. The van der Waals surface area contributed by atoms with Crippen LogP contribution in [0.3, 0.4) is 0 Å². The molecule has 1 unspecified atom stereocenters. The van der Waals surface area contributed by atoms with Gasteiger partial charge < -0.3 is 20.3 Å². The highest BCUT2D eigenvalue weighted by atomic mass is 16.5. The molecule has 0 aromatic heterocycles. The number of urea groups is 1. The Morgan fingerprint density at radius 3 is 2.67 bits per heavy atom. The highest BCUT2D eigenvalue weighted by molar-refractivity contribution is 6.07. The molecular formula is C21H25N3O3. The monoisotopic (exact) mass is 367 g/mol. The highest BCUT2D eigenvalue weighted by Crippen LogP contribution is 2.34. The summed E-state index contributed by atoms with van der Waals surface area (Å²) in [5.41, 5.74) is 3.71. The Balaban J connectivity index is 1.71. The van der Waals surface area contributed by atoms with Gasteiger partial charge in [-0.05, 0) is 42.7 Å². The molecule has 0 radical (unpaired) electrons. The molecule has 1 aliphatic rings. The van der Waals surface area contributed by atoms with Crippen LogP contribution in [0.15, 0.2) is 48.5 Å². The van der Waals surface area contributed by atoms with Crippen LogP contribution >= 0.6 is 0 Å². The van der Waals surface area contributed by atoms with Gasteiger partial charge in [0.25, 0.3) is 5.91 Å². The van der Waals surface area contributed by atoms with E-state index < -0.39 is 0 Å². The van der Waals surface area contributed by atoms with Crippen LogP contribution in [0.5, 0.6) is 0 Å². The second kappa shape index (κ2) is 8.68. The molecule has 1 atom stereocenters. The summed E-state index contributed by atoms with van der Waals surface area (Å²) in [6.07, 6.45) is 0.832. The quantitative estimate of drug-likeness (QED) is 0.771. The first-order valence-electron chi connectivity index (χ1n) is 9.11. The van der Waals surface area contributed by atoms with Crippen LogP contribution in [0.4, 0.5) is 10.5 Å². The molecule has 0 saturated heterocycles. The fraction of sp³-hybridized carbons (Fsp3) is 0.333. The average Bonchev–Trinajstić information content (AvgIpc) is 3.01. The first-order valence-corrected chi connectivity index (χ1v) is 9.11. The van der Waals surface area contributed by atoms with Crippen molar-refractivity contribution in [3.05, 3.63) is 65.2 Å². The van der Waals surface area contributed by atoms with Gasteiger partial charge in [0.05, 0.1) is 6.61 Å². The predicted molar refractivity (Wildman–Crippen MR) is 105 cm³/mol. The van der Waals surface area contributed by atoms with Crippen molar-refractivity contribution in [3.63, 3.8) is 0 Å². The number of rotatable bonds is 6. The van der Waals surface area contributed by atoms with E-state index in [1.165, 1.54) is 0 Å². The second-order valence-electron chi connectivity index (χ2n) is 6.66. The zero-order valence-corrected chi connectivity index (χ0v) is 15.7. The molecule has 1 heterocycles. The van der Waals surface area contributed by atoms with Gasteiger partial charge >= 0.3 is 6.03 Å². The van der Waals surface area contributed by atoms with Gasteiger partial charge in [-0.3, -0.25) is 4.79 Å². The molecule has 2 N–H and O–H groups in total. The molecule has 3 amide bonds. The topological polar surface area (TPSA) is 70.7 Å². The third kappa shape index (κ3) is 4.46. The summed E-state index contributed by atoms with van der Waals surface area (Å²) in [7, 11) is 1.59. The summed E-state index contributed by atoms with van der Waals surface area (Å²) in [5.74, 6) is 0.00395. The van der Waals surface area contributed by atoms with Crippen LogP contribution in [0.25, 0.3) is 0 Å². The number of anilines is 1. The highest BCUT2D eigenvalue weighted by Gasteiger charge is 2.31. The van der Waals surface area contributed by atoms with Gasteiger partial charge in [0.15, 0.2) is 0 Å². The summed E-state index contributed by atoms with van der Waals surface area (Å²) in [5, 5.41) is 5.55. The van der Waals surface area contributed by atoms with E-state index in [-0.39, 0.29) is 18.0 Å². The minimum atomic E-state index is -0.238. The van der Waals surface area contributed by atoms with E-state index in [2.05, 4.69) is 17.6 Å². The number of carbonyl (C=O) groups is 2. The first kappa shape index (κ1) is 18.9. The molecule has 0 bridgehead atoms. The van der Waals surface area contributed by atoms with Crippen molar-refractivity contribution >= 4 is 17.6 Å². The van der Waals surface area contributed by atoms with Crippen LogP contribution in [-0.4, -0.2) is 38.2 Å². The first-order chi connectivity index (χ1) is 13.1. The molecule has 0 spiro atoms. The van der Waals surface area contributed by atoms with E-state index in [1.807, 2.05) is 53.4 Å².